The number of halogens is 2. The fraction of sp³-hybridized carbons (Fsp3) is 0.458. The van der Waals surface area contributed by atoms with Crippen LogP contribution in [0.4, 0.5) is 4.39 Å². The van der Waals surface area contributed by atoms with E-state index in [1.807, 2.05) is 11.8 Å². The highest BCUT2D eigenvalue weighted by Crippen LogP contribution is 2.26. The number of aryl methyl sites for hydroxylation is 1. The first kappa shape index (κ1) is 24.1. The Bertz CT molecular complexity index is 1070. The second-order valence-electron chi connectivity index (χ2n) is 8.79. The van der Waals surface area contributed by atoms with Crippen molar-refractivity contribution in [3.8, 4) is 0 Å². The summed E-state index contributed by atoms with van der Waals surface area (Å²) in [4.78, 5) is 17.3. The molecule has 6 nitrogen and oxygen atoms in total. The van der Waals surface area contributed by atoms with E-state index in [-0.39, 0.29) is 17.6 Å². The van der Waals surface area contributed by atoms with Crippen LogP contribution in [0.3, 0.4) is 0 Å². The average molecular weight is 494 g/mol. The number of piperazine rings is 1. The first-order chi connectivity index (χ1) is 15.8. The molecule has 2 saturated heterocycles. The number of nitrogens with zero attached hydrogens (tertiary/aromatic N) is 3. The van der Waals surface area contributed by atoms with E-state index < -0.39 is 10.0 Å². The zero-order valence-electron chi connectivity index (χ0n) is 18.7. The molecule has 4 rings (SSSR count). The number of sulfonamides is 1. The SMILES string of the molecule is Cc1ccc(S(=O)(=O)N2CCC(C(=O)N3CCN(Cc4c(F)cccc4Cl)CC3)CC2)cc1. The third kappa shape index (κ3) is 5.40. The van der Waals surface area contributed by atoms with Gasteiger partial charge in [0.1, 0.15) is 5.82 Å². The zero-order chi connectivity index (χ0) is 23.6. The third-order valence-corrected chi connectivity index (χ3v) is 8.86. The van der Waals surface area contributed by atoms with E-state index >= 15 is 0 Å². The fourth-order valence-corrected chi connectivity index (χ4v) is 6.19. The highest BCUT2D eigenvalue weighted by Gasteiger charge is 2.34. The van der Waals surface area contributed by atoms with Gasteiger partial charge in [-0.2, -0.15) is 4.31 Å². The molecular formula is C24H29ClFN3O3S. The van der Waals surface area contributed by atoms with Crippen molar-refractivity contribution in [2.45, 2.75) is 31.2 Å². The van der Waals surface area contributed by atoms with Crippen LogP contribution in [0.2, 0.25) is 5.02 Å². The second kappa shape index (κ2) is 10.1. The first-order valence-electron chi connectivity index (χ1n) is 11.3. The molecule has 2 heterocycles. The molecule has 9 heteroatoms. The van der Waals surface area contributed by atoms with Crippen molar-refractivity contribution >= 4 is 27.5 Å². The van der Waals surface area contributed by atoms with Gasteiger partial charge in [0.25, 0.3) is 0 Å². The van der Waals surface area contributed by atoms with Crippen LogP contribution in [-0.4, -0.2) is 67.7 Å². The number of carbonyl (C=O) groups excluding carboxylic acids is 1. The summed E-state index contributed by atoms with van der Waals surface area (Å²) in [6.07, 6.45) is 1.05. The summed E-state index contributed by atoms with van der Waals surface area (Å²) in [5.41, 5.74) is 1.50. The largest absolute Gasteiger partial charge is 0.340 e. The van der Waals surface area contributed by atoms with Crippen LogP contribution in [0, 0.1) is 18.7 Å². The summed E-state index contributed by atoms with van der Waals surface area (Å²) in [7, 11) is -3.54. The minimum Gasteiger partial charge on any atom is -0.340 e. The van der Waals surface area contributed by atoms with E-state index in [1.165, 1.54) is 10.4 Å². The topological polar surface area (TPSA) is 60.9 Å². The van der Waals surface area contributed by atoms with Crippen LogP contribution < -0.4 is 0 Å². The van der Waals surface area contributed by atoms with Crippen LogP contribution in [0.25, 0.3) is 0 Å². The number of hydrogen-bond donors (Lipinski definition) is 0. The second-order valence-corrected chi connectivity index (χ2v) is 11.1. The number of benzene rings is 2. The number of carbonyl (C=O) groups is 1. The Kier molecular flexibility index (Phi) is 7.38. The summed E-state index contributed by atoms with van der Waals surface area (Å²) in [6.45, 7) is 5.48. The zero-order valence-corrected chi connectivity index (χ0v) is 20.3. The van der Waals surface area contributed by atoms with Crippen LogP contribution in [0.5, 0.6) is 0 Å². The molecule has 0 N–H and O–H groups in total. The highest BCUT2D eigenvalue weighted by atomic mass is 35.5. The Morgan fingerprint density at radius 1 is 1.00 bits per heavy atom. The van der Waals surface area contributed by atoms with Gasteiger partial charge in [-0.1, -0.05) is 35.4 Å². The Morgan fingerprint density at radius 2 is 1.64 bits per heavy atom. The van der Waals surface area contributed by atoms with E-state index in [9.17, 15) is 17.6 Å². The van der Waals surface area contributed by atoms with Gasteiger partial charge in [0.2, 0.25) is 15.9 Å². The van der Waals surface area contributed by atoms with E-state index in [1.54, 1.807) is 36.4 Å². The summed E-state index contributed by atoms with van der Waals surface area (Å²) < 4.78 is 41.4. The molecule has 0 atom stereocenters. The molecule has 0 aliphatic carbocycles. The van der Waals surface area contributed by atoms with Gasteiger partial charge in [0.05, 0.1) is 4.90 Å². The molecule has 0 spiro atoms. The van der Waals surface area contributed by atoms with Crippen molar-refractivity contribution in [2.75, 3.05) is 39.3 Å². The Morgan fingerprint density at radius 3 is 2.24 bits per heavy atom. The Labute approximate surface area is 200 Å². The number of hydrogen-bond acceptors (Lipinski definition) is 4. The van der Waals surface area contributed by atoms with Crippen LogP contribution >= 0.6 is 11.6 Å². The molecule has 2 aromatic carbocycles. The van der Waals surface area contributed by atoms with Crippen LogP contribution in [-0.2, 0) is 21.4 Å². The van der Waals surface area contributed by atoms with Crippen molar-refractivity contribution in [3.05, 3.63) is 64.4 Å². The molecule has 2 fully saturated rings. The van der Waals surface area contributed by atoms with E-state index in [0.717, 1.165) is 5.56 Å². The predicted octanol–water partition coefficient (Wildman–Crippen LogP) is 3.53. The van der Waals surface area contributed by atoms with Gasteiger partial charge in [0, 0.05) is 62.3 Å². The van der Waals surface area contributed by atoms with E-state index in [4.69, 9.17) is 11.6 Å². The summed E-state index contributed by atoms with van der Waals surface area (Å²) in [5.74, 6) is -0.388. The third-order valence-electron chi connectivity index (χ3n) is 6.59. The van der Waals surface area contributed by atoms with Crippen molar-refractivity contribution in [1.82, 2.24) is 14.1 Å². The maximum atomic E-state index is 14.1. The molecule has 0 aromatic heterocycles. The molecule has 2 aliphatic heterocycles. The highest BCUT2D eigenvalue weighted by molar-refractivity contribution is 7.89. The molecule has 33 heavy (non-hydrogen) atoms. The van der Waals surface area contributed by atoms with E-state index in [0.29, 0.717) is 74.1 Å². The maximum absolute atomic E-state index is 14.1. The summed E-state index contributed by atoms with van der Waals surface area (Å²) >= 11 is 6.14. The molecule has 1 amide bonds. The van der Waals surface area contributed by atoms with Gasteiger partial charge in [-0.3, -0.25) is 9.69 Å². The van der Waals surface area contributed by atoms with Crippen molar-refractivity contribution in [3.63, 3.8) is 0 Å². The summed E-state index contributed by atoms with van der Waals surface area (Å²) in [6, 6.07) is 11.5. The lowest BCUT2D eigenvalue weighted by molar-refractivity contribution is -0.138. The smallest absolute Gasteiger partial charge is 0.243 e. The number of rotatable bonds is 5. The lowest BCUT2D eigenvalue weighted by Gasteiger charge is -2.38. The van der Waals surface area contributed by atoms with Crippen LogP contribution in [0.15, 0.2) is 47.4 Å². The Balaban J connectivity index is 1.28. The number of piperidine rings is 1. The predicted molar refractivity (Wildman–Crippen MR) is 126 cm³/mol. The molecule has 0 saturated carbocycles. The van der Waals surface area contributed by atoms with Gasteiger partial charge in [-0.25, -0.2) is 12.8 Å². The van der Waals surface area contributed by atoms with Crippen LogP contribution in [0.1, 0.15) is 24.0 Å². The fourth-order valence-electron chi connectivity index (χ4n) is 4.49. The minimum atomic E-state index is -3.54. The van der Waals surface area contributed by atoms with Gasteiger partial charge in [0.15, 0.2) is 0 Å². The molecule has 2 aliphatic rings. The molecule has 0 radical (unpaired) electrons. The molecular weight excluding hydrogens is 465 g/mol. The van der Waals surface area contributed by atoms with Gasteiger partial charge < -0.3 is 4.90 Å². The molecule has 0 bridgehead atoms. The van der Waals surface area contributed by atoms with Crippen molar-refractivity contribution < 1.29 is 17.6 Å². The normalized spacial score (nSPS) is 19.1. The van der Waals surface area contributed by atoms with Crippen molar-refractivity contribution in [1.29, 1.82) is 0 Å². The molecule has 0 unspecified atom stereocenters. The average Bonchev–Trinajstić information content (AvgIpc) is 2.82. The minimum absolute atomic E-state index is 0.0888. The monoisotopic (exact) mass is 493 g/mol. The molecule has 2 aromatic rings. The van der Waals surface area contributed by atoms with Gasteiger partial charge in [-0.15, -0.1) is 0 Å². The summed E-state index contributed by atoms with van der Waals surface area (Å²) in [5, 5.41) is 0.417. The van der Waals surface area contributed by atoms with Gasteiger partial charge in [-0.05, 0) is 44.0 Å². The van der Waals surface area contributed by atoms with Gasteiger partial charge >= 0.3 is 0 Å². The van der Waals surface area contributed by atoms with Crippen molar-refractivity contribution in [2.24, 2.45) is 5.92 Å². The quantitative estimate of drug-likeness (QED) is 0.639. The lowest BCUT2D eigenvalue weighted by Crippen LogP contribution is -2.51. The number of amides is 1. The Hall–Kier alpha value is -2.00. The van der Waals surface area contributed by atoms with E-state index in [2.05, 4.69) is 4.90 Å². The molecule has 178 valence electrons. The standard InChI is InChI=1S/C24H29ClFN3O3S/c1-18-5-7-20(8-6-18)33(31,32)29-11-9-19(10-12-29)24(30)28-15-13-27(14-16-28)17-21-22(25)3-2-4-23(21)26/h2-8,19H,9-17H2,1H3. The first-order valence-corrected chi connectivity index (χ1v) is 13.1. The lowest BCUT2D eigenvalue weighted by atomic mass is 9.96. The maximum Gasteiger partial charge on any atom is 0.243 e.